The van der Waals surface area contributed by atoms with Gasteiger partial charge in [0.25, 0.3) is 0 Å². The van der Waals surface area contributed by atoms with Crippen LogP contribution in [0.2, 0.25) is 5.02 Å². The van der Waals surface area contributed by atoms with Gasteiger partial charge in [0.05, 0.1) is 10.6 Å². The molecule has 0 saturated heterocycles. The second-order valence-corrected chi connectivity index (χ2v) is 8.27. The van der Waals surface area contributed by atoms with Crippen LogP contribution in [-0.4, -0.2) is 22.2 Å². The van der Waals surface area contributed by atoms with E-state index in [-0.39, 0.29) is 15.6 Å². The van der Waals surface area contributed by atoms with E-state index in [1.54, 1.807) is 24.3 Å². The SMILES string of the molecule is O=C(O)c1cc([SH+](=O)Nc2cc(-c3ccccc3)sc2C(=O)O)c(F)cc1Cl. The zero-order valence-corrected chi connectivity index (χ0v) is 16.3. The summed E-state index contributed by atoms with van der Waals surface area (Å²) >= 11 is 6.66. The Bertz CT molecular complexity index is 1100. The second-order valence-electron chi connectivity index (χ2n) is 5.52. The normalized spacial score (nSPS) is 11.8. The number of aromatic carboxylic acids is 2. The van der Waals surface area contributed by atoms with E-state index in [9.17, 15) is 23.3 Å². The lowest BCUT2D eigenvalue weighted by Crippen LogP contribution is -2.10. The van der Waals surface area contributed by atoms with Crippen molar-refractivity contribution in [2.45, 2.75) is 4.90 Å². The summed E-state index contributed by atoms with van der Waals surface area (Å²) in [5, 5.41) is 18.2. The van der Waals surface area contributed by atoms with Crippen molar-refractivity contribution in [2.75, 3.05) is 4.72 Å². The average molecular weight is 441 g/mol. The van der Waals surface area contributed by atoms with Crippen LogP contribution in [0.15, 0.2) is 53.4 Å². The van der Waals surface area contributed by atoms with E-state index in [4.69, 9.17) is 16.7 Å². The van der Waals surface area contributed by atoms with Crippen LogP contribution in [0.3, 0.4) is 0 Å². The summed E-state index contributed by atoms with van der Waals surface area (Å²) in [7, 11) is -2.68. The fourth-order valence-electron chi connectivity index (χ4n) is 2.40. The molecule has 1 heterocycles. The Labute approximate surface area is 169 Å². The molecule has 0 saturated carbocycles. The van der Waals surface area contributed by atoms with Gasteiger partial charge in [-0.2, -0.15) is 0 Å². The maximum absolute atomic E-state index is 14.2. The smallest absolute Gasteiger partial charge is 0.348 e. The van der Waals surface area contributed by atoms with Crippen LogP contribution in [0, 0.1) is 5.82 Å². The van der Waals surface area contributed by atoms with Crippen molar-refractivity contribution in [3.05, 3.63) is 69.8 Å². The fraction of sp³-hybridized carbons (Fsp3) is 0. The highest BCUT2D eigenvalue weighted by molar-refractivity contribution is 7.86. The van der Waals surface area contributed by atoms with Gasteiger partial charge in [-0.25, -0.2) is 18.7 Å². The molecule has 0 radical (unpaired) electrons. The van der Waals surface area contributed by atoms with E-state index >= 15 is 0 Å². The minimum Gasteiger partial charge on any atom is -0.478 e. The largest absolute Gasteiger partial charge is 0.478 e. The number of halogens is 2. The molecule has 1 aromatic heterocycles. The molecule has 2 aromatic carbocycles. The summed E-state index contributed by atoms with van der Waals surface area (Å²) in [6.45, 7) is 0. The Kier molecular flexibility index (Phi) is 5.78. The summed E-state index contributed by atoms with van der Waals surface area (Å²) in [6.07, 6.45) is 0. The molecule has 6 nitrogen and oxygen atoms in total. The number of benzene rings is 2. The molecule has 3 rings (SSSR count). The first-order valence-electron chi connectivity index (χ1n) is 7.66. The molecule has 0 fully saturated rings. The number of carboxylic acids is 2. The van der Waals surface area contributed by atoms with Crippen LogP contribution in [-0.2, 0) is 15.2 Å². The first-order chi connectivity index (χ1) is 13.3. The first kappa shape index (κ1) is 20.0. The van der Waals surface area contributed by atoms with E-state index in [0.717, 1.165) is 29.0 Å². The van der Waals surface area contributed by atoms with Gasteiger partial charge in [0.2, 0.25) is 4.90 Å². The minimum absolute atomic E-state index is 0.0451. The van der Waals surface area contributed by atoms with Crippen LogP contribution >= 0.6 is 22.9 Å². The van der Waals surface area contributed by atoms with Crippen LogP contribution in [0.1, 0.15) is 20.0 Å². The molecule has 1 atom stereocenters. The van der Waals surface area contributed by atoms with Gasteiger partial charge in [0.1, 0.15) is 10.6 Å². The van der Waals surface area contributed by atoms with Gasteiger partial charge < -0.3 is 10.2 Å². The average Bonchev–Trinajstić information content (AvgIpc) is 3.06. The molecule has 10 heteroatoms. The van der Waals surface area contributed by atoms with E-state index in [1.165, 1.54) is 6.07 Å². The minimum atomic E-state index is -2.68. The Morgan fingerprint density at radius 3 is 2.36 bits per heavy atom. The standard InChI is InChI=1S/C18H11ClFNO5S2/c19-11-7-12(20)15(6-10(11)17(22)23)28(26)21-13-8-14(27-16(13)18(24)25)9-4-2-1-3-5-9/h1-8H,(H,21,26)(H,22,23)(H,24,25)/p+1. The molecule has 0 spiro atoms. The van der Waals surface area contributed by atoms with E-state index in [1.807, 2.05) is 6.07 Å². The number of anilines is 1. The molecule has 0 aliphatic carbocycles. The first-order valence-corrected chi connectivity index (χ1v) is 10.1. The van der Waals surface area contributed by atoms with E-state index in [0.29, 0.717) is 4.88 Å². The van der Waals surface area contributed by atoms with E-state index < -0.39 is 39.2 Å². The maximum Gasteiger partial charge on any atom is 0.348 e. The van der Waals surface area contributed by atoms with Crippen LogP contribution < -0.4 is 4.72 Å². The van der Waals surface area contributed by atoms with Crippen molar-refractivity contribution in [2.24, 2.45) is 0 Å². The third-order valence-corrected chi connectivity index (χ3v) is 6.40. The lowest BCUT2D eigenvalue weighted by molar-refractivity contribution is 0.0688. The van der Waals surface area contributed by atoms with Gasteiger partial charge in [0.15, 0.2) is 16.8 Å². The Balaban J connectivity index is 1.99. The summed E-state index contributed by atoms with van der Waals surface area (Å²) in [5.74, 6) is -3.59. The monoisotopic (exact) mass is 440 g/mol. The summed E-state index contributed by atoms with van der Waals surface area (Å²) in [6, 6.07) is 12.1. The molecule has 28 heavy (non-hydrogen) atoms. The molecular formula is C18H12ClFNO5S2+. The molecule has 3 aromatic rings. The lowest BCUT2D eigenvalue weighted by Gasteiger charge is -2.04. The predicted octanol–water partition coefficient (Wildman–Crippen LogP) is 4.69. The third kappa shape index (κ3) is 4.06. The summed E-state index contributed by atoms with van der Waals surface area (Å²) < 4.78 is 29.3. The van der Waals surface area contributed by atoms with Crippen LogP contribution in [0.4, 0.5) is 10.1 Å². The molecule has 1 unspecified atom stereocenters. The molecule has 0 aliphatic heterocycles. The number of carboxylic acid groups (broad SMARTS) is 2. The van der Waals surface area contributed by atoms with Crippen LogP contribution in [0.5, 0.6) is 0 Å². The van der Waals surface area contributed by atoms with Gasteiger partial charge in [-0.05, 0) is 17.7 Å². The molecule has 3 N–H and O–H groups in total. The Morgan fingerprint density at radius 1 is 1.07 bits per heavy atom. The van der Waals surface area contributed by atoms with Crippen molar-refractivity contribution in [1.82, 2.24) is 0 Å². The van der Waals surface area contributed by atoms with Crippen LogP contribution in [0.25, 0.3) is 10.4 Å². The maximum atomic E-state index is 14.2. The number of hydrogen-bond donors (Lipinski definition) is 3. The van der Waals surface area contributed by atoms with Gasteiger partial charge >= 0.3 is 11.9 Å². The molecule has 0 aliphatic rings. The fourth-order valence-corrected chi connectivity index (χ4v) is 4.69. The number of thiol groups is 1. The highest BCUT2D eigenvalue weighted by Crippen LogP contribution is 2.36. The van der Waals surface area contributed by atoms with E-state index in [2.05, 4.69) is 4.72 Å². The lowest BCUT2D eigenvalue weighted by atomic mass is 10.2. The Morgan fingerprint density at radius 2 is 1.75 bits per heavy atom. The third-order valence-electron chi connectivity index (χ3n) is 3.69. The number of thiophene rings is 1. The van der Waals surface area contributed by atoms with Gasteiger partial charge in [-0.1, -0.05) is 46.1 Å². The quantitative estimate of drug-likeness (QED) is 0.381. The number of nitrogens with one attached hydrogen (secondary N) is 1. The predicted molar refractivity (Wildman–Crippen MR) is 106 cm³/mol. The van der Waals surface area contributed by atoms with Crippen molar-refractivity contribution < 1.29 is 28.4 Å². The molecular weight excluding hydrogens is 429 g/mol. The summed E-state index contributed by atoms with van der Waals surface area (Å²) in [5.41, 5.74) is 0.407. The Hall–Kier alpha value is -2.75. The zero-order chi connectivity index (χ0) is 20.4. The van der Waals surface area contributed by atoms with Gasteiger partial charge in [0, 0.05) is 10.9 Å². The number of rotatable bonds is 6. The van der Waals surface area contributed by atoms with Gasteiger partial charge in [-0.15, -0.1) is 11.3 Å². The highest BCUT2D eigenvalue weighted by Gasteiger charge is 2.25. The second kappa shape index (κ2) is 8.09. The number of carbonyl (C=O) groups is 2. The van der Waals surface area contributed by atoms with Crippen molar-refractivity contribution >= 4 is 51.5 Å². The molecule has 144 valence electrons. The van der Waals surface area contributed by atoms with Crippen molar-refractivity contribution in [3.63, 3.8) is 0 Å². The summed E-state index contributed by atoms with van der Waals surface area (Å²) in [4.78, 5) is 22.8. The van der Waals surface area contributed by atoms with Crippen molar-refractivity contribution in [3.8, 4) is 10.4 Å². The highest BCUT2D eigenvalue weighted by atomic mass is 35.5. The molecule has 0 bridgehead atoms. The topological polar surface area (TPSA) is 104 Å². The van der Waals surface area contributed by atoms with Gasteiger partial charge in [-0.3, -0.25) is 0 Å². The van der Waals surface area contributed by atoms with Crippen molar-refractivity contribution in [1.29, 1.82) is 0 Å². The molecule has 0 amide bonds. The number of hydrogen-bond acceptors (Lipinski definition) is 4. The zero-order valence-electron chi connectivity index (χ0n) is 13.8.